The molecule has 3 rings (SSSR count). The minimum absolute atomic E-state index is 0.0485. The van der Waals surface area contributed by atoms with E-state index in [0.29, 0.717) is 11.4 Å². The van der Waals surface area contributed by atoms with E-state index in [-0.39, 0.29) is 18.1 Å². The number of carboxylic acids is 2. The molecule has 8 atom stereocenters. The van der Waals surface area contributed by atoms with Crippen LogP contribution in [0.5, 0.6) is 0 Å². The summed E-state index contributed by atoms with van der Waals surface area (Å²) in [6.07, 6.45) is -7.84. The summed E-state index contributed by atoms with van der Waals surface area (Å²) in [4.78, 5) is 98.1. The lowest BCUT2D eigenvalue weighted by Crippen LogP contribution is -2.60. The van der Waals surface area contributed by atoms with Crippen LogP contribution in [0.15, 0.2) is 39.2 Å². The van der Waals surface area contributed by atoms with Gasteiger partial charge in [-0.15, -0.1) is 0 Å². The van der Waals surface area contributed by atoms with Crippen molar-refractivity contribution >= 4 is 64.9 Å². The van der Waals surface area contributed by atoms with Gasteiger partial charge in [0.05, 0.1) is 31.3 Å². The van der Waals surface area contributed by atoms with Crippen LogP contribution >= 0.6 is 0 Å². The zero-order valence-corrected chi connectivity index (χ0v) is 27.5. The number of Topliss-reactive ketones (excluding diaryl/α,β-unsaturated/α-hetero) is 1. The van der Waals surface area contributed by atoms with Crippen LogP contribution in [0.4, 0.5) is 5.69 Å². The number of nitrogens with one attached hydrogen (secondary N) is 5. The molecule has 2 heterocycles. The Kier molecular flexibility index (Phi) is 14.4. The third-order valence-electron chi connectivity index (χ3n) is 7.70. The van der Waals surface area contributed by atoms with Gasteiger partial charge in [-0.3, -0.25) is 44.1 Å². The second-order valence-electron chi connectivity index (χ2n) is 11.6. The zero-order chi connectivity index (χ0) is 38.7. The summed E-state index contributed by atoms with van der Waals surface area (Å²) in [7, 11) is 0. The Bertz CT molecular complexity index is 1630. The number of carbonyl (C=O) groups is 7. The smallest absolute Gasteiger partial charge is 0.326 e. The van der Waals surface area contributed by atoms with Gasteiger partial charge >= 0.3 is 11.9 Å². The maximum Gasteiger partial charge on any atom is 0.326 e. The predicted octanol–water partition coefficient (Wildman–Crippen LogP) is -5.17. The summed E-state index contributed by atoms with van der Waals surface area (Å²) < 4.78 is 0. The quantitative estimate of drug-likeness (QED) is 0.0632. The summed E-state index contributed by atoms with van der Waals surface area (Å²) in [5.74, 6) is -7.51. The average Bonchev–Trinajstić information content (AvgIpc) is 3.09. The zero-order valence-electron chi connectivity index (χ0n) is 27.5. The molecule has 0 saturated heterocycles. The largest absolute Gasteiger partial charge is 0.481 e. The number of aliphatic imine (C=N–C) groups is 3. The standard InChI is InChI=1S/C30H39N9O13/c1-12(41)17(8-20(44)45)36-27(49)21(24(47)23(46)18(42)11-40)37-19(43)7-6-16(29(51)52)35-26(48)13-2-4-14(5-3-13)32-9-15-10-33-25-22(34-15)28(50)39-30(31)38-25/h2-5,10,16-18,21-25,32,40,42,46-47H,6-9,11H2,1H3,(H,35,48)(H,36,49)(H,37,43)(H,44,45)(H,51,52)(H3,31,38,39,50)/t16-,17-,18+,21-,22?,23+,24+,25?/m0/s1. The fraction of sp³-hybridized carbons (Fsp3) is 0.467. The highest BCUT2D eigenvalue weighted by molar-refractivity contribution is 6.33. The van der Waals surface area contributed by atoms with Gasteiger partial charge in [0, 0.05) is 23.9 Å². The van der Waals surface area contributed by atoms with E-state index in [9.17, 15) is 54.0 Å². The Labute approximate surface area is 294 Å². The van der Waals surface area contributed by atoms with Crippen molar-refractivity contribution in [1.29, 1.82) is 0 Å². The van der Waals surface area contributed by atoms with E-state index in [0.717, 1.165) is 6.92 Å². The molecule has 22 heteroatoms. The van der Waals surface area contributed by atoms with Gasteiger partial charge in [0.2, 0.25) is 11.8 Å². The Morgan fingerprint density at radius 1 is 0.942 bits per heavy atom. The lowest BCUT2D eigenvalue weighted by Gasteiger charge is -2.30. The molecular formula is C30H39N9O13. The van der Waals surface area contributed by atoms with Crippen molar-refractivity contribution < 1.29 is 64.2 Å². The fourth-order valence-electron chi connectivity index (χ4n) is 4.81. The number of anilines is 1. The highest BCUT2D eigenvalue weighted by Gasteiger charge is 2.38. The number of amides is 4. The lowest BCUT2D eigenvalue weighted by atomic mass is 9.99. The van der Waals surface area contributed by atoms with Crippen LogP contribution in [0.25, 0.3) is 0 Å². The average molecular weight is 734 g/mol. The Balaban J connectivity index is 1.60. The van der Waals surface area contributed by atoms with E-state index in [1.807, 2.05) is 10.6 Å². The number of benzene rings is 1. The number of aliphatic carboxylic acids is 2. The molecular weight excluding hydrogens is 694 g/mol. The molecule has 2 aliphatic heterocycles. The van der Waals surface area contributed by atoms with E-state index >= 15 is 0 Å². The molecule has 22 nitrogen and oxygen atoms in total. The van der Waals surface area contributed by atoms with E-state index in [1.54, 1.807) is 0 Å². The molecule has 0 fully saturated rings. The number of nitrogens with two attached hydrogens (primary N) is 1. The summed E-state index contributed by atoms with van der Waals surface area (Å²) in [6, 6.07) is -0.391. The van der Waals surface area contributed by atoms with Crippen LogP contribution in [0, 0.1) is 0 Å². The highest BCUT2D eigenvalue weighted by atomic mass is 16.4. The molecule has 1 aromatic rings. The topological polar surface area (TPSA) is 364 Å². The Hall–Kier alpha value is -5.84. The third kappa shape index (κ3) is 11.3. The van der Waals surface area contributed by atoms with Crippen molar-refractivity contribution in [2.45, 2.75) is 74.8 Å². The number of carboxylic acid groups (broad SMARTS) is 2. The van der Waals surface area contributed by atoms with Crippen molar-refractivity contribution in [3.63, 3.8) is 0 Å². The van der Waals surface area contributed by atoms with Gasteiger partial charge in [-0.1, -0.05) is 0 Å². The number of guanidine groups is 1. The first kappa shape index (κ1) is 40.6. The van der Waals surface area contributed by atoms with E-state index in [2.05, 4.69) is 30.9 Å². The number of hydrogen-bond donors (Lipinski definition) is 12. The van der Waals surface area contributed by atoms with Crippen molar-refractivity contribution in [2.75, 3.05) is 18.5 Å². The molecule has 0 spiro atoms. The maximum atomic E-state index is 12.9. The molecule has 0 aromatic heterocycles. The second-order valence-corrected chi connectivity index (χ2v) is 11.6. The van der Waals surface area contributed by atoms with E-state index in [4.69, 9.17) is 15.9 Å². The minimum Gasteiger partial charge on any atom is -0.481 e. The number of aliphatic hydroxyl groups excluding tert-OH is 4. The highest BCUT2D eigenvalue weighted by Crippen LogP contribution is 2.15. The number of ketones is 1. The number of aliphatic hydroxyl groups is 4. The summed E-state index contributed by atoms with van der Waals surface area (Å²) >= 11 is 0. The SMILES string of the molecule is CC(=O)[C@H](CC(=O)O)NC(=O)[C@@H](NC(=O)CC[C@H](NC(=O)c1ccc(NCC2=NC3C(=O)NC(N)=NC3N=C2)cc1)C(=O)O)[C@@H](O)[C@H](O)[C@H](O)CO. The third-order valence-corrected chi connectivity index (χ3v) is 7.70. The molecule has 52 heavy (non-hydrogen) atoms. The normalized spacial score (nSPS) is 19.8. The van der Waals surface area contributed by atoms with Gasteiger partial charge < -0.3 is 57.6 Å². The van der Waals surface area contributed by atoms with Crippen LogP contribution in [0.2, 0.25) is 0 Å². The van der Waals surface area contributed by atoms with E-state index < -0.39 is 116 Å². The number of hydrogen-bond acceptors (Lipinski definition) is 16. The first-order valence-electron chi connectivity index (χ1n) is 15.6. The first-order valence-corrected chi connectivity index (χ1v) is 15.6. The number of rotatable bonds is 19. The minimum atomic E-state index is -2.29. The molecule has 0 bridgehead atoms. The lowest BCUT2D eigenvalue weighted by molar-refractivity contribution is -0.143. The summed E-state index contributed by atoms with van der Waals surface area (Å²) in [5, 5.41) is 70.0. The molecule has 282 valence electrons. The molecule has 2 aliphatic rings. The van der Waals surface area contributed by atoms with Gasteiger partial charge in [-0.05, 0) is 37.6 Å². The number of nitrogens with zero attached hydrogens (tertiary/aromatic N) is 3. The van der Waals surface area contributed by atoms with Gasteiger partial charge in [0.25, 0.3) is 11.8 Å². The number of fused-ring (bicyclic) bond motifs is 1. The molecule has 1 aromatic carbocycles. The van der Waals surface area contributed by atoms with Crippen LogP contribution in [-0.2, 0) is 28.8 Å². The van der Waals surface area contributed by atoms with Crippen LogP contribution < -0.4 is 32.3 Å². The fourth-order valence-corrected chi connectivity index (χ4v) is 4.81. The summed E-state index contributed by atoms with van der Waals surface area (Å²) in [5.41, 5.74) is 6.56. The number of carbonyl (C=O) groups excluding carboxylic acids is 5. The monoisotopic (exact) mass is 733 g/mol. The molecule has 0 saturated carbocycles. The van der Waals surface area contributed by atoms with E-state index in [1.165, 1.54) is 30.5 Å². The molecule has 0 aliphatic carbocycles. The van der Waals surface area contributed by atoms with Gasteiger partial charge in [0.1, 0.15) is 30.4 Å². The van der Waals surface area contributed by atoms with Gasteiger partial charge in [0.15, 0.2) is 24.0 Å². The van der Waals surface area contributed by atoms with Crippen LogP contribution in [-0.4, -0.2) is 152 Å². The molecule has 13 N–H and O–H groups in total. The summed E-state index contributed by atoms with van der Waals surface area (Å²) in [6.45, 7) is 0.0712. The van der Waals surface area contributed by atoms with Crippen LogP contribution in [0.3, 0.4) is 0 Å². The van der Waals surface area contributed by atoms with Crippen molar-refractivity contribution in [1.82, 2.24) is 21.3 Å². The second kappa shape index (κ2) is 18.4. The Morgan fingerprint density at radius 3 is 2.21 bits per heavy atom. The Morgan fingerprint density at radius 2 is 1.62 bits per heavy atom. The molecule has 0 radical (unpaired) electrons. The van der Waals surface area contributed by atoms with Gasteiger partial charge in [-0.2, -0.15) is 0 Å². The first-order chi connectivity index (χ1) is 24.5. The molecule has 4 amide bonds. The maximum absolute atomic E-state index is 12.9. The van der Waals surface area contributed by atoms with Crippen molar-refractivity contribution in [3.8, 4) is 0 Å². The van der Waals surface area contributed by atoms with Crippen LogP contribution in [0.1, 0.15) is 36.5 Å². The molecule has 2 unspecified atom stereocenters. The van der Waals surface area contributed by atoms with Gasteiger partial charge in [-0.25, -0.2) is 9.79 Å². The van der Waals surface area contributed by atoms with Crippen molar-refractivity contribution in [2.24, 2.45) is 20.7 Å². The predicted molar refractivity (Wildman–Crippen MR) is 178 cm³/mol. The van der Waals surface area contributed by atoms with Crippen molar-refractivity contribution in [3.05, 3.63) is 29.8 Å².